The predicted molar refractivity (Wildman–Crippen MR) is 75.8 cm³/mol. The highest BCUT2D eigenvalue weighted by molar-refractivity contribution is 7.59. The second-order valence-corrected chi connectivity index (χ2v) is 8.70. The van der Waals surface area contributed by atoms with Crippen molar-refractivity contribution in [2.75, 3.05) is 0 Å². The fraction of sp³-hybridized carbons (Fsp3) is 0.769. The van der Waals surface area contributed by atoms with Crippen LogP contribution in [0.5, 0.6) is 0 Å². The van der Waals surface area contributed by atoms with Gasteiger partial charge in [0.2, 0.25) is 6.33 Å². The van der Waals surface area contributed by atoms with Crippen molar-refractivity contribution in [3.05, 3.63) is 18.7 Å². The van der Waals surface area contributed by atoms with Gasteiger partial charge in [-0.1, -0.05) is 0 Å². The molecule has 0 aliphatic rings. The molecule has 0 fully saturated rings. The molecule has 1 aromatic heterocycles. The Morgan fingerprint density at radius 3 is 1.37 bits per heavy atom. The van der Waals surface area contributed by atoms with E-state index in [4.69, 9.17) is 0 Å². The molecule has 208 valence electrons. The topological polar surface area (TPSA) is 48.9 Å². The predicted octanol–water partition coefficient (Wildman–Crippen LogP) is 5.47. The summed E-state index contributed by atoms with van der Waals surface area (Å²) < 4.78 is 216. The molecule has 0 spiro atoms. The van der Waals surface area contributed by atoms with E-state index >= 15 is 0 Å². The smallest absolute Gasteiger partial charge is 0.459 e. The number of alkyl halides is 17. The Labute approximate surface area is 182 Å². The first kappa shape index (κ1) is 33.2. The molecule has 0 radical (unpaired) electrons. The molecule has 0 atom stereocenters. The highest BCUT2D eigenvalue weighted by Gasteiger charge is 2.78. The quantitative estimate of drug-likeness (QED) is 0.255. The minimum absolute atomic E-state index is 0.639. The van der Waals surface area contributed by atoms with Gasteiger partial charge in [0.25, 0.3) is 0 Å². The van der Waals surface area contributed by atoms with Crippen molar-refractivity contribution in [3.8, 4) is 0 Å². The molecule has 0 aromatic carbocycles. The molecule has 35 heavy (non-hydrogen) atoms. The molecule has 0 aliphatic heterocycles. The number of imidazole rings is 1. The number of rotatable bonds is 6. The van der Waals surface area contributed by atoms with Gasteiger partial charge in [-0.25, -0.2) is 9.13 Å². The Bertz CT molecular complexity index is 869. The fourth-order valence-corrected chi connectivity index (χ4v) is 2.80. The van der Waals surface area contributed by atoms with Gasteiger partial charge in [-0.3, -0.25) is 0 Å². The van der Waals surface area contributed by atoms with Crippen LogP contribution in [0.15, 0.2) is 18.7 Å². The van der Waals surface area contributed by atoms with E-state index in [0.29, 0.717) is 0 Å². The van der Waals surface area contributed by atoms with Crippen LogP contribution in [0, 0.1) is 0 Å². The number of hydrogen-bond acceptors (Lipinski definition) is 2. The van der Waals surface area contributed by atoms with Crippen molar-refractivity contribution in [1.82, 2.24) is 4.57 Å². The summed E-state index contributed by atoms with van der Waals surface area (Å²) in [6.45, 7) is -0.639. The first-order chi connectivity index (χ1) is 15.0. The van der Waals surface area contributed by atoms with E-state index in [1.54, 1.807) is 7.05 Å². The monoisotopic (exact) mass is 580 g/mol. The first-order valence-corrected chi connectivity index (χ1v) is 9.63. The maximum Gasteiger partial charge on any atom is 0.459 e. The summed E-state index contributed by atoms with van der Waals surface area (Å²) in [5.74, 6) is -11.2. The van der Waals surface area contributed by atoms with Gasteiger partial charge in [-0.2, -0.15) is 74.6 Å². The van der Waals surface area contributed by atoms with Gasteiger partial charge in [0, 0.05) is 0 Å². The molecule has 1 heterocycles. The standard InChI is InChI=1S/C9H10F7N2.C4HF10O2P/c1-17-4-5-18(6-17)3-2-7(10,11)8(12,13)9(14,15)16;5-1(6,7)3(11,12)17(15,16)4(13,14)2(8,9)10/h4-6H,2-3H2,1H3;(H,15,16)/q+1;/p-1. The Hall–Kier alpha value is -1.79. The van der Waals surface area contributed by atoms with Crippen LogP contribution in [0.3, 0.4) is 0 Å². The van der Waals surface area contributed by atoms with E-state index in [-0.39, 0.29) is 0 Å². The second kappa shape index (κ2) is 9.59. The number of halogens is 17. The van der Waals surface area contributed by atoms with Crippen molar-refractivity contribution in [2.24, 2.45) is 7.05 Å². The Morgan fingerprint density at radius 1 is 0.743 bits per heavy atom. The van der Waals surface area contributed by atoms with Crippen molar-refractivity contribution in [1.29, 1.82) is 0 Å². The molecular formula is C13H10F17N2O2P. The summed E-state index contributed by atoms with van der Waals surface area (Å²) in [7, 11) is -6.95. The molecule has 0 bridgehead atoms. The van der Waals surface area contributed by atoms with Gasteiger partial charge in [0.15, 0.2) is 7.37 Å². The van der Waals surface area contributed by atoms with E-state index in [9.17, 15) is 84.1 Å². The third kappa shape index (κ3) is 6.51. The summed E-state index contributed by atoms with van der Waals surface area (Å²) >= 11 is 0. The van der Waals surface area contributed by atoms with Crippen LogP contribution in [0.25, 0.3) is 0 Å². The summed E-state index contributed by atoms with van der Waals surface area (Å²) in [5.41, 5.74) is -14.4. The number of aromatic nitrogens is 2. The summed E-state index contributed by atoms with van der Waals surface area (Å²) in [5, 5.41) is 0. The zero-order valence-electron chi connectivity index (χ0n) is 16.2. The first-order valence-electron chi connectivity index (χ1n) is 8.01. The van der Waals surface area contributed by atoms with Gasteiger partial charge in [0.05, 0.1) is 20.0 Å². The highest BCUT2D eigenvalue weighted by Crippen LogP contribution is 2.72. The molecule has 0 N–H and O–H groups in total. The van der Waals surface area contributed by atoms with Crippen molar-refractivity contribution in [3.63, 3.8) is 0 Å². The lowest BCUT2D eigenvalue weighted by atomic mass is 10.1. The molecule has 0 amide bonds. The van der Waals surface area contributed by atoms with Gasteiger partial charge < -0.3 is 9.46 Å². The van der Waals surface area contributed by atoms with Gasteiger partial charge >= 0.3 is 41.7 Å². The van der Waals surface area contributed by atoms with Gasteiger partial charge in [0.1, 0.15) is 12.4 Å². The maximum absolute atomic E-state index is 12.9. The molecule has 22 heteroatoms. The van der Waals surface area contributed by atoms with Gasteiger partial charge in [-0.15, -0.1) is 0 Å². The number of aryl methyl sites for hydroxylation is 2. The normalized spacial score (nSPS) is 15.1. The SMILES string of the molecule is C[n+]1ccn(CCC(F)(F)C(F)(F)C(F)(F)F)c1.O=P([O-])(C(F)(F)C(F)(F)F)C(F)(F)C(F)(F)F. The summed E-state index contributed by atoms with van der Waals surface area (Å²) in [6, 6.07) is 0. The zero-order valence-corrected chi connectivity index (χ0v) is 17.1. The zero-order chi connectivity index (χ0) is 28.7. The molecule has 0 aliphatic carbocycles. The average Bonchev–Trinajstić information content (AvgIpc) is 3.02. The van der Waals surface area contributed by atoms with E-state index in [2.05, 4.69) is 0 Å². The van der Waals surface area contributed by atoms with Crippen LogP contribution in [-0.4, -0.2) is 46.3 Å². The summed E-state index contributed by atoms with van der Waals surface area (Å²) in [4.78, 5) is 10.1. The number of nitrogens with zero attached hydrogens (tertiary/aromatic N) is 2. The largest absolute Gasteiger partial charge is 0.790 e. The van der Waals surface area contributed by atoms with Gasteiger partial charge in [-0.05, 0) is 0 Å². The fourth-order valence-electron chi connectivity index (χ4n) is 1.78. The molecule has 0 saturated heterocycles. The lowest BCUT2D eigenvalue weighted by Gasteiger charge is -2.38. The molecule has 1 aromatic rings. The molecule has 1 rings (SSSR count). The van der Waals surface area contributed by atoms with Crippen LogP contribution >= 0.6 is 7.37 Å². The molecule has 0 unspecified atom stereocenters. The van der Waals surface area contributed by atoms with Crippen LogP contribution in [0.4, 0.5) is 74.6 Å². The summed E-state index contributed by atoms with van der Waals surface area (Å²) in [6.07, 6.45) is -18.0. The minimum atomic E-state index is -8.51. The van der Waals surface area contributed by atoms with E-state index in [0.717, 1.165) is 4.57 Å². The van der Waals surface area contributed by atoms with E-state index in [1.807, 2.05) is 0 Å². The van der Waals surface area contributed by atoms with Crippen LogP contribution in [0.1, 0.15) is 6.42 Å². The van der Waals surface area contributed by atoms with Crippen LogP contribution in [0.2, 0.25) is 0 Å². The Kier molecular flexibility index (Phi) is 9.10. The van der Waals surface area contributed by atoms with Crippen molar-refractivity contribution >= 4 is 7.37 Å². The Morgan fingerprint density at radius 2 is 1.11 bits per heavy atom. The molecular weight excluding hydrogens is 570 g/mol. The van der Waals surface area contributed by atoms with Crippen molar-refractivity contribution in [2.45, 2.75) is 54.7 Å². The van der Waals surface area contributed by atoms with E-state index in [1.165, 1.54) is 23.3 Å². The average molecular weight is 580 g/mol. The minimum Gasteiger partial charge on any atom is -0.790 e. The molecule has 4 nitrogen and oxygen atoms in total. The third-order valence-corrected chi connectivity index (χ3v) is 5.73. The second-order valence-electron chi connectivity index (χ2n) is 6.47. The molecule has 0 saturated carbocycles. The number of hydrogen-bond donors (Lipinski definition) is 0. The maximum atomic E-state index is 12.9. The van der Waals surface area contributed by atoms with Crippen molar-refractivity contribution < 1.29 is 88.7 Å². The van der Waals surface area contributed by atoms with E-state index < -0.39 is 62.0 Å². The Balaban J connectivity index is 0.000000662. The lowest BCUT2D eigenvalue weighted by molar-refractivity contribution is -0.671. The van der Waals surface area contributed by atoms with Crippen LogP contribution < -0.4 is 9.46 Å². The van der Waals surface area contributed by atoms with Crippen LogP contribution in [-0.2, 0) is 18.2 Å². The third-order valence-electron chi connectivity index (χ3n) is 3.74. The highest BCUT2D eigenvalue weighted by atomic mass is 31.2. The lowest BCUT2D eigenvalue weighted by Crippen LogP contribution is -2.52.